The number of nitrogens with one attached hydrogen (secondary N) is 2. The van der Waals surface area contributed by atoms with Gasteiger partial charge in [-0.25, -0.2) is 13.2 Å². The van der Waals surface area contributed by atoms with Crippen LogP contribution in [0, 0.1) is 6.92 Å². The monoisotopic (exact) mass is 458 g/mol. The quantitative estimate of drug-likeness (QED) is 0.344. The summed E-state index contributed by atoms with van der Waals surface area (Å²) in [7, 11) is -3.88. The van der Waals surface area contributed by atoms with Crippen molar-refractivity contribution in [1.29, 1.82) is 0 Å². The number of esters is 1. The van der Waals surface area contributed by atoms with E-state index < -0.39 is 28.0 Å². The van der Waals surface area contributed by atoms with Gasteiger partial charge < -0.3 is 20.3 Å². The second kappa shape index (κ2) is 9.52. The maximum Gasteiger partial charge on any atom is 0.338 e. The van der Waals surface area contributed by atoms with Crippen molar-refractivity contribution in [3.05, 3.63) is 65.9 Å². The van der Waals surface area contributed by atoms with Crippen molar-refractivity contribution >= 4 is 39.1 Å². The van der Waals surface area contributed by atoms with Crippen LogP contribution in [0.15, 0.2) is 64.0 Å². The van der Waals surface area contributed by atoms with Crippen LogP contribution >= 0.6 is 0 Å². The van der Waals surface area contributed by atoms with E-state index in [0.717, 1.165) is 0 Å². The standard InChI is InChI=1S/C21H22N4O6S/c1-3-18(30-21(27)14-4-6-15(22)7-5-14)20(26)23-16-8-10-17(11-9-16)32(28,29)25-19-12-13(2)31-24-19/h4-12,18H,3,22H2,1-2H3,(H,23,26)(H,24,25). The van der Waals surface area contributed by atoms with Gasteiger partial charge >= 0.3 is 5.97 Å². The van der Waals surface area contributed by atoms with Crippen LogP contribution in [0.4, 0.5) is 17.2 Å². The summed E-state index contributed by atoms with van der Waals surface area (Å²) in [5.74, 6) is -0.664. The lowest BCUT2D eigenvalue weighted by atomic mass is 10.2. The highest BCUT2D eigenvalue weighted by molar-refractivity contribution is 7.92. The molecule has 11 heteroatoms. The smallest absolute Gasteiger partial charge is 0.338 e. The highest BCUT2D eigenvalue weighted by Crippen LogP contribution is 2.19. The molecular formula is C21H22N4O6S. The van der Waals surface area contributed by atoms with Crippen molar-refractivity contribution in [3.63, 3.8) is 0 Å². The molecule has 0 radical (unpaired) electrons. The topological polar surface area (TPSA) is 154 Å². The molecule has 10 nitrogen and oxygen atoms in total. The zero-order valence-electron chi connectivity index (χ0n) is 17.4. The number of ether oxygens (including phenoxy) is 1. The number of rotatable bonds is 8. The van der Waals surface area contributed by atoms with Crippen LogP contribution in [0.2, 0.25) is 0 Å². The summed E-state index contributed by atoms with van der Waals surface area (Å²) >= 11 is 0. The van der Waals surface area contributed by atoms with Crippen LogP contribution in [0.25, 0.3) is 0 Å². The third kappa shape index (κ3) is 5.64. The van der Waals surface area contributed by atoms with Gasteiger partial charge in [0.15, 0.2) is 11.9 Å². The molecule has 1 atom stereocenters. The zero-order chi connectivity index (χ0) is 23.3. The van der Waals surface area contributed by atoms with Crippen LogP contribution in [-0.4, -0.2) is 31.6 Å². The Balaban J connectivity index is 1.63. The van der Waals surface area contributed by atoms with E-state index in [0.29, 0.717) is 17.1 Å². The van der Waals surface area contributed by atoms with Gasteiger partial charge in [-0.3, -0.25) is 9.52 Å². The summed E-state index contributed by atoms with van der Waals surface area (Å²) in [5.41, 5.74) is 6.72. The molecule has 1 aromatic heterocycles. The van der Waals surface area contributed by atoms with E-state index in [-0.39, 0.29) is 22.7 Å². The predicted octanol–water partition coefficient (Wildman–Crippen LogP) is 2.94. The first kappa shape index (κ1) is 22.8. The van der Waals surface area contributed by atoms with E-state index in [4.69, 9.17) is 15.0 Å². The van der Waals surface area contributed by atoms with Gasteiger partial charge in [-0.05, 0) is 61.9 Å². The van der Waals surface area contributed by atoms with Gasteiger partial charge in [-0.2, -0.15) is 0 Å². The number of benzene rings is 2. The molecule has 0 aliphatic heterocycles. The van der Waals surface area contributed by atoms with E-state index in [1.165, 1.54) is 42.5 Å². The molecule has 168 valence electrons. The highest BCUT2D eigenvalue weighted by Gasteiger charge is 2.22. The lowest BCUT2D eigenvalue weighted by molar-refractivity contribution is -0.124. The fourth-order valence-electron chi connectivity index (χ4n) is 2.69. The van der Waals surface area contributed by atoms with E-state index >= 15 is 0 Å². The highest BCUT2D eigenvalue weighted by atomic mass is 32.2. The van der Waals surface area contributed by atoms with E-state index in [2.05, 4.69) is 15.2 Å². The molecule has 0 aliphatic rings. The molecule has 2 aromatic carbocycles. The number of carbonyl (C=O) groups is 2. The number of aryl methyl sites for hydroxylation is 1. The second-order valence-electron chi connectivity index (χ2n) is 6.87. The van der Waals surface area contributed by atoms with Crippen LogP contribution in [0.1, 0.15) is 29.5 Å². The summed E-state index contributed by atoms with van der Waals surface area (Å²) < 4.78 is 37.3. The molecule has 0 saturated carbocycles. The number of amides is 1. The van der Waals surface area contributed by atoms with Crippen LogP contribution < -0.4 is 15.8 Å². The lowest BCUT2D eigenvalue weighted by Gasteiger charge is -2.16. The van der Waals surface area contributed by atoms with Gasteiger partial charge in [0.2, 0.25) is 0 Å². The number of carbonyl (C=O) groups excluding carboxylic acids is 2. The molecule has 0 bridgehead atoms. The number of anilines is 3. The Labute approximate surface area is 184 Å². The summed E-state index contributed by atoms with van der Waals surface area (Å²) in [6.07, 6.45) is -0.777. The Bertz CT molecular complexity index is 1200. The molecule has 1 heterocycles. The van der Waals surface area contributed by atoms with Crippen LogP contribution in [0.3, 0.4) is 0 Å². The largest absolute Gasteiger partial charge is 0.449 e. The van der Waals surface area contributed by atoms with Crippen molar-refractivity contribution in [2.45, 2.75) is 31.3 Å². The first-order valence-corrected chi connectivity index (χ1v) is 11.1. The number of sulfonamides is 1. The SMILES string of the molecule is CCC(OC(=O)c1ccc(N)cc1)C(=O)Nc1ccc(S(=O)(=O)Nc2cc(C)on2)cc1. The molecule has 0 fully saturated rings. The van der Waals surface area contributed by atoms with Gasteiger partial charge in [0, 0.05) is 17.4 Å². The van der Waals surface area contributed by atoms with Crippen molar-refractivity contribution < 1.29 is 27.3 Å². The number of nitrogens with zero attached hydrogens (tertiary/aromatic N) is 1. The van der Waals surface area contributed by atoms with Crippen molar-refractivity contribution in [1.82, 2.24) is 5.16 Å². The van der Waals surface area contributed by atoms with Gasteiger partial charge in [0.05, 0.1) is 10.5 Å². The first-order chi connectivity index (χ1) is 15.2. The molecule has 1 unspecified atom stereocenters. The minimum absolute atomic E-state index is 0.0297. The normalized spacial score (nSPS) is 12.1. The molecule has 0 aliphatic carbocycles. The maximum atomic E-state index is 12.5. The number of nitrogens with two attached hydrogens (primary N) is 1. The van der Waals surface area contributed by atoms with Crippen LogP contribution in [-0.2, 0) is 19.6 Å². The first-order valence-electron chi connectivity index (χ1n) is 9.61. The second-order valence-corrected chi connectivity index (χ2v) is 8.55. The molecule has 4 N–H and O–H groups in total. The fraction of sp³-hybridized carbons (Fsp3) is 0.190. The molecule has 3 rings (SSSR count). The number of aromatic nitrogens is 1. The lowest BCUT2D eigenvalue weighted by Crippen LogP contribution is -2.32. The van der Waals surface area contributed by atoms with Gasteiger partial charge in [-0.15, -0.1) is 0 Å². The Hall–Kier alpha value is -3.86. The molecule has 3 aromatic rings. The van der Waals surface area contributed by atoms with Crippen LogP contribution in [0.5, 0.6) is 0 Å². The Morgan fingerprint density at radius 3 is 2.34 bits per heavy atom. The third-order valence-corrected chi connectivity index (χ3v) is 5.73. The van der Waals surface area contributed by atoms with E-state index in [9.17, 15) is 18.0 Å². The average molecular weight is 458 g/mol. The summed E-state index contributed by atoms with van der Waals surface area (Å²) in [4.78, 5) is 24.8. The number of nitrogen functional groups attached to an aromatic ring is 1. The molecular weight excluding hydrogens is 436 g/mol. The Kier molecular flexibility index (Phi) is 6.79. The summed E-state index contributed by atoms with van der Waals surface area (Å²) in [6.45, 7) is 3.34. The molecule has 32 heavy (non-hydrogen) atoms. The Morgan fingerprint density at radius 1 is 1.12 bits per heavy atom. The summed E-state index contributed by atoms with van der Waals surface area (Å²) in [6, 6.07) is 13.1. The summed E-state index contributed by atoms with van der Waals surface area (Å²) in [5, 5.41) is 6.20. The van der Waals surface area contributed by atoms with E-state index in [1.807, 2.05) is 0 Å². The molecule has 0 spiro atoms. The minimum Gasteiger partial charge on any atom is -0.449 e. The van der Waals surface area contributed by atoms with Crippen molar-refractivity contribution in [2.75, 3.05) is 15.8 Å². The van der Waals surface area contributed by atoms with Crippen molar-refractivity contribution in [3.8, 4) is 0 Å². The predicted molar refractivity (Wildman–Crippen MR) is 117 cm³/mol. The average Bonchev–Trinajstić information content (AvgIpc) is 3.16. The number of hydrogen-bond acceptors (Lipinski definition) is 8. The van der Waals surface area contributed by atoms with Crippen molar-refractivity contribution in [2.24, 2.45) is 0 Å². The van der Waals surface area contributed by atoms with Gasteiger partial charge in [0.1, 0.15) is 5.76 Å². The minimum atomic E-state index is -3.88. The van der Waals surface area contributed by atoms with Gasteiger partial charge in [-0.1, -0.05) is 12.1 Å². The zero-order valence-corrected chi connectivity index (χ0v) is 18.2. The number of hydrogen-bond donors (Lipinski definition) is 3. The fourth-order valence-corrected chi connectivity index (χ4v) is 3.67. The third-order valence-electron chi connectivity index (χ3n) is 4.36. The van der Waals surface area contributed by atoms with E-state index in [1.54, 1.807) is 26.0 Å². The Morgan fingerprint density at radius 2 is 1.78 bits per heavy atom. The maximum absolute atomic E-state index is 12.5. The van der Waals surface area contributed by atoms with Gasteiger partial charge in [0.25, 0.3) is 15.9 Å². The molecule has 1 amide bonds. The molecule has 0 saturated heterocycles.